The van der Waals surface area contributed by atoms with Crippen LogP contribution in [0.15, 0.2) is 17.2 Å². The maximum absolute atomic E-state index is 15.2. The lowest BCUT2D eigenvalue weighted by molar-refractivity contribution is 0.107. The average molecular weight is 544 g/mol. The van der Waals surface area contributed by atoms with E-state index in [0.717, 1.165) is 31.1 Å². The molecule has 0 bridgehead atoms. The molecule has 39 heavy (non-hydrogen) atoms. The van der Waals surface area contributed by atoms with Crippen LogP contribution in [0.25, 0.3) is 21.3 Å². The largest absolute Gasteiger partial charge is 0.493 e. The smallest absolute Gasteiger partial charge is 0.319 e. The van der Waals surface area contributed by atoms with Crippen molar-refractivity contribution in [3.8, 4) is 11.8 Å². The van der Waals surface area contributed by atoms with Crippen molar-refractivity contribution in [2.75, 3.05) is 38.3 Å². The Bertz CT molecular complexity index is 1460. The highest BCUT2D eigenvalue weighted by Gasteiger charge is 2.49. The van der Waals surface area contributed by atoms with Gasteiger partial charge in [0, 0.05) is 37.0 Å². The molecule has 5 heterocycles. The van der Waals surface area contributed by atoms with Crippen LogP contribution < -0.4 is 14.4 Å². The molecule has 2 aromatic heterocycles. The summed E-state index contributed by atoms with van der Waals surface area (Å²) in [5, 5.41) is 8.21. The quantitative estimate of drug-likeness (QED) is 0.248. The fourth-order valence-electron chi connectivity index (χ4n) is 6.20. The molecular formula is C25H28F3N9O2. The van der Waals surface area contributed by atoms with Crippen molar-refractivity contribution in [1.82, 2.24) is 24.6 Å². The normalized spacial score (nSPS) is 22.9. The topological polar surface area (TPSA) is 117 Å². The molecule has 0 spiro atoms. The SMILES string of the molecule is COc1c(F)cc(F)c2nc(OC[C@@]34CCCN3C[C@H](F)C4)nc(N3CCCn4nc(CN=[N+]=[N-])cc4C3)c12. The Balaban J connectivity index is 1.40. The molecule has 1 aromatic carbocycles. The predicted molar refractivity (Wildman–Crippen MR) is 135 cm³/mol. The van der Waals surface area contributed by atoms with Gasteiger partial charge in [0.2, 0.25) is 0 Å². The maximum Gasteiger partial charge on any atom is 0.319 e. The van der Waals surface area contributed by atoms with Crippen LogP contribution in [0.4, 0.5) is 19.0 Å². The van der Waals surface area contributed by atoms with Gasteiger partial charge in [0.05, 0.1) is 42.5 Å². The Labute approximate surface area is 222 Å². The molecule has 3 aliphatic heterocycles. The van der Waals surface area contributed by atoms with Crippen LogP contribution in [0, 0.1) is 11.6 Å². The van der Waals surface area contributed by atoms with Crippen molar-refractivity contribution in [3.05, 3.63) is 45.6 Å². The lowest BCUT2D eigenvalue weighted by Gasteiger charge is -2.31. The summed E-state index contributed by atoms with van der Waals surface area (Å²) in [5.74, 6) is -1.62. The van der Waals surface area contributed by atoms with E-state index in [9.17, 15) is 8.78 Å². The van der Waals surface area contributed by atoms with E-state index in [1.54, 1.807) is 0 Å². The number of anilines is 1. The molecule has 206 valence electrons. The monoisotopic (exact) mass is 543 g/mol. The van der Waals surface area contributed by atoms with E-state index >= 15 is 4.39 Å². The number of benzene rings is 1. The zero-order valence-electron chi connectivity index (χ0n) is 21.5. The summed E-state index contributed by atoms with van der Waals surface area (Å²) in [5.41, 5.74) is 9.56. The van der Waals surface area contributed by atoms with Gasteiger partial charge in [0.15, 0.2) is 17.4 Å². The molecule has 0 unspecified atom stereocenters. The zero-order valence-corrected chi connectivity index (χ0v) is 21.5. The number of halogens is 3. The molecule has 2 fully saturated rings. The molecule has 0 N–H and O–H groups in total. The van der Waals surface area contributed by atoms with E-state index in [-0.39, 0.29) is 41.6 Å². The molecule has 0 saturated carbocycles. The number of rotatable bonds is 7. The molecule has 3 aliphatic rings. The third kappa shape index (κ3) is 4.57. The number of azide groups is 1. The van der Waals surface area contributed by atoms with Crippen molar-refractivity contribution in [1.29, 1.82) is 0 Å². The summed E-state index contributed by atoms with van der Waals surface area (Å²) in [6.07, 6.45) is 1.88. The number of alkyl halides is 1. The first-order valence-electron chi connectivity index (χ1n) is 13.0. The molecule has 14 heteroatoms. The lowest BCUT2D eigenvalue weighted by atomic mass is 9.95. The molecule has 0 aliphatic carbocycles. The third-order valence-corrected chi connectivity index (χ3v) is 7.89. The summed E-state index contributed by atoms with van der Waals surface area (Å²) >= 11 is 0. The minimum Gasteiger partial charge on any atom is -0.493 e. The van der Waals surface area contributed by atoms with E-state index in [1.165, 1.54) is 7.11 Å². The highest BCUT2D eigenvalue weighted by molar-refractivity contribution is 5.96. The summed E-state index contributed by atoms with van der Waals surface area (Å²) in [4.78, 5) is 15.8. The number of methoxy groups -OCH3 is 1. The van der Waals surface area contributed by atoms with Gasteiger partial charge in [-0.15, -0.1) is 0 Å². The van der Waals surface area contributed by atoms with Crippen molar-refractivity contribution >= 4 is 16.7 Å². The fraction of sp³-hybridized carbons (Fsp3) is 0.560. The number of aryl methyl sites for hydroxylation is 1. The lowest BCUT2D eigenvalue weighted by Crippen LogP contribution is -2.43. The number of hydrogen-bond donors (Lipinski definition) is 0. The van der Waals surface area contributed by atoms with Crippen LogP contribution in [0.2, 0.25) is 0 Å². The molecule has 6 rings (SSSR count). The second-order valence-corrected chi connectivity index (χ2v) is 10.3. The maximum atomic E-state index is 15.2. The third-order valence-electron chi connectivity index (χ3n) is 7.89. The summed E-state index contributed by atoms with van der Waals surface area (Å²) in [6.45, 7) is 2.93. The van der Waals surface area contributed by atoms with Gasteiger partial charge in [0.25, 0.3) is 0 Å². The van der Waals surface area contributed by atoms with Crippen molar-refractivity contribution in [3.63, 3.8) is 0 Å². The second-order valence-electron chi connectivity index (χ2n) is 10.3. The van der Waals surface area contributed by atoms with Gasteiger partial charge in [-0.1, -0.05) is 5.11 Å². The van der Waals surface area contributed by atoms with E-state index < -0.39 is 23.3 Å². The fourth-order valence-corrected chi connectivity index (χ4v) is 6.20. The molecule has 0 radical (unpaired) electrons. The average Bonchev–Trinajstić information content (AvgIpc) is 3.53. The second kappa shape index (κ2) is 10.1. The Morgan fingerprint density at radius 3 is 2.87 bits per heavy atom. The van der Waals surface area contributed by atoms with Gasteiger partial charge in [0.1, 0.15) is 24.1 Å². The predicted octanol–water partition coefficient (Wildman–Crippen LogP) is 4.29. The van der Waals surface area contributed by atoms with Crippen molar-refractivity contribution < 1.29 is 22.6 Å². The Morgan fingerprint density at radius 2 is 2.05 bits per heavy atom. The summed E-state index contributed by atoms with van der Waals surface area (Å²) < 4.78 is 57.5. The van der Waals surface area contributed by atoms with Crippen LogP contribution in [-0.2, 0) is 19.6 Å². The first-order chi connectivity index (χ1) is 18.9. The minimum atomic E-state index is -0.919. The first kappa shape index (κ1) is 25.5. The molecule has 3 aromatic rings. The van der Waals surface area contributed by atoms with Gasteiger partial charge < -0.3 is 14.4 Å². The molecular weight excluding hydrogens is 515 g/mol. The van der Waals surface area contributed by atoms with Gasteiger partial charge in [-0.2, -0.15) is 15.1 Å². The highest BCUT2D eigenvalue weighted by atomic mass is 19.1. The van der Waals surface area contributed by atoms with Crippen LogP contribution in [0.3, 0.4) is 0 Å². The first-order valence-corrected chi connectivity index (χ1v) is 13.0. The van der Waals surface area contributed by atoms with Gasteiger partial charge >= 0.3 is 6.01 Å². The number of hydrogen-bond acceptors (Lipinski definition) is 8. The minimum absolute atomic E-state index is 0.0598. The van der Waals surface area contributed by atoms with Crippen LogP contribution in [0.1, 0.15) is 37.1 Å². The molecule has 2 saturated heterocycles. The van der Waals surface area contributed by atoms with Crippen molar-refractivity contribution in [2.45, 2.75) is 57.0 Å². The van der Waals surface area contributed by atoms with Crippen LogP contribution in [0.5, 0.6) is 11.8 Å². The van der Waals surface area contributed by atoms with Gasteiger partial charge in [-0.3, -0.25) is 9.58 Å². The zero-order chi connectivity index (χ0) is 27.1. The highest BCUT2D eigenvalue weighted by Crippen LogP contribution is 2.42. The molecule has 0 amide bonds. The Hall–Kier alpha value is -3.77. The number of aromatic nitrogens is 4. The van der Waals surface area contributed by atoms with E-state index in [4.69, 9.17) is 15.0 Å². The summed E-state index contributed by atoms with van der Waals surface area (Å²) in [6, 6.07) is 2.52. The summed E-state index contributed by atoms with van der Waals surface area (Å²) in [7, 11) is 1.31. The van der Waals surface area contributed by atoms with Gasteiger partial charge in [-0.25, -0.2) is 13.2 Å². The standard InChI is InChI=1S/C25H28F3N9O2/c1-38-22-19(28)9-18(27)21-20(22)23(35-5-3-7-37-17(13-35)8-16(33-37)11-30-34-29)32-24(31-21)39-14-25-4-2-6-36(25)12-15(26)10-25/h8-9,15H,2-7,10-14H2,1H3/t15-,25+/m1/s1. The van der Waals surface area contributed by atoms with Crippen LogP contribution in [-0.4, -0.2) is 69.7 Å². The van der Waals surface area contributed by atoms with E-state index in [0.29, 0.717) is 44.7 Å². The number of nitrogens with zero attached hydrogens (tertiary/aromatic N) is 9. The molecule has 2 atom stereocenters. The Kier molecular flexibility index (Phi) is 6.59. The van der Waals surface area contributed by atoms with Gasteiger partial charge in [-0.05, 0) is 37.4 Å². The van der Waals surface area contributed by atoms with E-state index in [1.807, 2.05) is 15.6 Å². The molecule has 11 nitrogen and oxygen atoms in total. The number of fused-ring (bicyclic) bond motifs is 3. The number of ether oxygens (including phenoxy) is 2. The Morgan fingerprint density at radius 1 is 1.18 bits per heavy atom. The van der Waals surface area contributed by atoms with E-state index in [2.05, 4.69) is 30.0 Å². The van der Waals surface area contributed by atoms with Crippen molar-refractivity contribution in [2.24, 2.45) is 5.11 Å². The van der Waals surface area contributed by atoms with Crippen LogP contribution >= 0.6 is 0 Å².